The van der Waals surface area contributed by atoms with E-state index < -0.39 is 5.97 Å². The molecule has 0 spiro atoms. The van der Waals surface area contributed by atoms with E-state index in [9.17, 15) is 9.59 Å². The van der Waals surface area contributed by atoms with Crippen LogP contribution in [0.5, 0.6) is 0 Å². The van der Waals surface area contributed by atoms with Crippen molar-refractivity contribution in [2.75, 3.05) is 0 Å². The van der Waals surface area contributed by atoms with Crippen molar-refractivity contribution in [2.24, 2.45) is 0 Å². The molecule has 1 rings (SSSR count). The van der Waals surface area contributed by atoms with Crippen molar-refractivity contribution in [1.82, 2.24) is 0 Å². The summed E-state index contributed by atoms with van der Waals surface area (Å²) in [5, 5.41) is 8.53. The normalized spacial score (nSPS) is 12.6. The Bertz CT molecular complexity index is 476. The van der Waals surface area contributed by atoms with Crippen LogP contribution in [-0.4, -0.2) is 21.7 Å². The Morgan fingerprint density at radius 3 is 2.59 bits per heavy atom. The minimum atomic E-state index is -1.01. The van der Waals surface area contributed by atoms with E-state index >= 15 is 0 Å². The van der Waals surface area contributed by atoms with Crippen molar-refractivity contribution in [3.8, 4) is 0 Å². The predicted molar refractivity (Wildman–Crippen MR) is 70.6 cm³/mol. The zero-order valence-corrected chi connectivity index (χ0v) is 11.2. The van der Waals surface area contributed by atoms with E-state index in [4.69, 9.17) is 5.11 Å². The van der Waals surface area contributed by atoms with Crippen LogP contribution >= 0.6 is 15.9 Å². The first-order chi connectivity index (χ1) is 7.91. The summed E-state index contributed by atoms with van der Waals surface area (Å²) in [7, 11) is 0. The molecule has 1 aromatic rings. The molecule has 0 aliphatic carbocycles. The van der Waals surface area contributed by atoms with E-state index in [1.165, 1.54) is 6.08 Å². The number of carboxylic acid groups (broad SMARTS) is 1. The lowest BCUT2D eigenvalue weighted by Gasteiger charge is -2.07. The Morgan fingerprint density at radius 1 is 1.41 bits per heavy atom. The average molecular weight is 297 g/mol. The largest absolute Gasteiger partial charge is 0.478 e. The van der Waals surface area contributed by atoms with Crippen LogP contribution in [0, 0.1) is 6.92 Å². The van der Waals surface area contributed by atoms with Crippen molar-refractivity contribution >= 4 is 33.8 Å². The van der Waals surface area contributed by atoms with Crippen molar-refractivity contribution < 1.29 is 14.7 Å². The second kappa shape index (κ2) is 5.77. The first-order valence-corrected chi connectivity index (χ1v) is 6.03. The topological polar surface area (TPSA) is 54.4 Å². The van der Waals surface area contributed by atoms with Gasteiger partial charge in [0.15, 0.2) is 5.78 Å². The maximum absolute atomic E-state index is 11.9. The molecule has 1 atom stereocenters. The fourth-order valence-electron chi connectivity index (χ4n) is 1.39. The molecule has 4 heteroatoms. The second-order valence-corrected chi connectivity index (χ2v) is 5.10. The molecule has 0 saturated heterocycles. The first kappa shape index (κ1) is 13.6. The molecule has 1 unspecified atom stereocenters. The molecule has 17 heavy (non-hydrogen) atoms. The Kier molecular flexibility index (Phi) is 4.63. The van der Waals surface area contributed by atoms with Gasteiger partial charge in [-0.15, -0.1) is 0 Å². The number of carboxylic acids is 1. The van der Waals surface area contributed by atoms with Gasteiger partial charge in [-0.05, 0) is 37.1 Å². The van der Waals surface area contributed by atoms with Gasteiger partial charge >= 0.3 is 5.97 Å². The van der Waals surface area contributed by atoms with Gasteiger partial charge in [0.2, 0.25) is 0 Å². The summed E-state index contributed by atoms with van der Waals surface area (Å²) in [5.74, 6) is -1.01. The number of carbonyl (C=O) groups is 2. The number of rotatable bonds is 4. The summed E-state index contributed by atoms with van der Waals surface area (Å²) >= 11 is 3.24. The summed E-state index contributed by atoms with van der Waals surface area (Å²) < 4.78 is 0. The number of ketones is 1. The van der Waals surface area contributed by atoms with E-state index in [2.05, 4.69) is 15.9 Å². The van der Waals surface area contributed by atoms with E-state index in [0.717, 1.165) is 11.6 Å². The smallest absolute Gasteiger partial charge is 0.328 e. The third-order valence-electron chi connectivity index (χ3n) is 2.31. The molecular weight excluding hydrogens is 284 g/mol. The fourth-order valence-corrected chi connectivity index (χ4v) is 1.64. The summed E-state index contributed by atoms with van der Waals surface area (Å²) in [6.07, 6.45) is 2.52. The van der Waals surface area contributed by atoms with Gasteiger partial charge in [-0.25, -0.2) is 4.79 Å². The number of alkyl halides is 1. The van der Waals surface area contributed by atoms with Crippen LogP contribution in [0.3, 0.4) is 0 Å². The highest BCUT2D eigenvalue weighted by molar-refractivity contribution is 9.10. The first-order valence-electron chi connectivity index (χ1n) is 5.11. The zero-order chi connectivity index (χ0) is 13.0. The van der Waals surface area contributed by atoms with Crippen LogP contribution in [0.25, 0.3) is 6.08 Å². The Hall–Kier alpha value is -1.42. The lowest BCUT2D eigenvalue weighted by Crippen LogP contribution is -2.11. The molecule has 0 aromatic heterocycles. The third kappa shape index (κ3) is 3.82. The molecule has 0 radical (unpaired) electrons. The average Bonchev–Trinajstić information content (AvgIpc) is 2.26. The van der Waals surface area contributed by atoms with Gasteiger partial charge in [0.1, 0.15) is 0 Å². The summed E-state index contributed by atoms with van der Waals surface area (Å²) in [5.41, 5.74) is 2.20. The maximum Gasteiger partial charge on any atom is 0.328 e. The highest BCUT2D eigenvalue weighted by Crippen LogP contribution is 2.17. The molecule has 0 bridgehead atoms. The van der Waals surface area contributed by atoms with E-state index in [0.29, 0.717) is 11.1 Å². The van der Waals surface area contributed by atoms with Gasteiger partial charge < -0.3 is 5.11 Å². The van der Waals surface area contributed by atoms with E-state index in [-0.39, 0.29) is 10.6 Å². The highest BCUT2D eigenvalue weighted by Gasteiger charge is 2.14. The second-order valence-electron chi connectivity index (χ2n) is 3.73. The number of carbonyl (C=O) groups excluding carboxylic acids is 1. The Balaban J connectivity index is 3.11. The Labute approximate surface area is 108 Å². The Morgan fingerprint density at radius 2 is 2.06 bits per heavy atom. The van der Waals surface area contributed by atoms with Crippen LogP contribution in [-0.2, 0) is 4.79 Å². The van der Waals surface area contributed by atoms with Gasteiger partial charge in [-0.3, -0.25) is 4.79 Å². The lowest BCUT2D eigenvalue weighted by molar-refractivity contribution is -0.131. The minimum absolute atomic E-state index is 0.00641. The fraction of sp³-hybridized carbons (Fsp3) is 0.231. The summed E-state index contributed by atoms with van der Waals surface area (Å²) in [6, 6.07) is 5.30. The number of Topliss-reactive ketones (excluding diaryl/α,β-unsaturated/α-hetero) is 1. The molecule has 0 heterocycles. The molecule has 0 saturated carbocycles. The molecule has 0 aliphatic heterocycles. The number of aliphatic carboxylic acids is 1. The van der Waals surface area contributed by atoms with Crippen molar-refractivity contribution in [3.05, 3.63) is 41.0 Å². The molecule has 1 aromatic carbocycles. The summed E-state index contributed by atoms with van der Waals surface area (Å²) in [4.78, 5) is 22.0. The summed E-state index contributed by atoms with van der Waals surface area (Å²) in [6.45, 7) is 3.62. The van der Waals surface area contributed by atoms with Crippen molar-refractivity contribution in [3.63, 3.8) is 0 Å². The van der Waals surface area contributed by atoms with Crippen LogP contribution < -0.4 is 0 Å². The molecule has 0 aliphatic rings. The zero-order valence-electron chi connectivity index (χ0n) is 9.61. The van der Waals surface area contributed by atoms with Crippen LogP contribution in [0.1, 0.15) is 28.4 Å². The number of benzene rings is 1. The number of hydrogen-bond acceptors (Lipinski definition) is 2. The molecule has 1 N–H and O–H groups in total. The van der Waals surface area contributed by atoms with Gasteiger partial charge in [0.05, 0.1) is 4.83 Å². The SMILES string of the molecule is Cc1ccc(/C=C/C(=O)O)cc1C(=O)C(C)Br. The predicted octanol–water partition coefficient (Wildman–Crippen LogP) is 3.06. The number of aryl methyl sites for hydroxylation is 1. The monoisotopic (exact) mass is 296 g/mol. The van der Waals surface area contributed by atoms with Gasteiger partial charge in [0.25, 0.3) is 0 Å². The number of hydrogen-bond donors (Lipinski definition) is 1. The van der Waals surface area contributed by atoms with Crippen molar-refractivity contribution in [2.45, 2.75) is 18.7 Å². The minimum Gasteiger partial charge on any atom is -0.478 e. The molecular formula is C13H13BrO3. The van der Waals surface area contributed by atoms with Gasteiger partial charge in [0, 0.05) is 11.6 Å². The van der Waals surface area contributed by atoms with Crippen molar-refractivity contribution in [1.29, 1.82) is 0 Å². The maximum atomic E-state index is 11.9. The van der Waals surface area contributed by atoms with E-state index in [1.807, 2.05) is 13.0 Å². The molecule has 3 nitrogen and oxygen atoms in total. The molecule has 90 valence electrons. The van der Waals surface area contributed by atoms with Gasteiger partial charge in [-0.2, -0.15) is 0 Å². The lowest BCUT2D eigenvalue weighted by atomic mass is 10.00. The van der Waals surface area contributed by atoms with E-state index in [1.54, 1.807) is 19.1 Å². The molecule has 0 fully saturated rings. The van der Waals surface area contributed by atoms with Gasteiger partial charge in [-0.1, -0.05) is 28.1 Å². The standard InChI is InChI=1S/C13H13BrO3/c1-8-3-4-10(5-6-12(15)16)7-11(8)13(17)9(2)14/h3-7,9H,1-2H3,(H,15,16)/b6-5+. The third-order valence-corrected chi connectivity index (χ3v) is 2.72. The van der Waals surface area contributed by atoms with Crippen LogP contribution in [0.2, 0.25) is 0 Å². The highest BCUT2D eigenvalue weighted by atomic mass is 79.9. The molecule has 0 amide bonds. The van der Waals surface area contributed by atoms with Crippen LogP contribution in [0.15, 0.2) is 24.3 Å². The quantitative estimate of drug-likeness (QED) is 0.528. The van der Waals surface area contributed by atoms with Crippen LogP contribution in [0.4, 0.5) is 0 Å². The number of halogens is 1.